The van der Waals surface area contributed by atoms with Crippen molar-refractivity contribution in [2.45, 2.75) is 24.2 Å². The Labute approximate surface area is 127 Å². The van der Waals surface area contributed by atoms with E-state index in [0.29, 0.717) is 6.42 Å². The first-order valence-corrected chi connectivity index (χ1v) is 7.01. The molecule has 2 atom stereocenters. The number of rotatable bonds is 0. The number of hydrogen-bond donors (Lipinski definition) is 0. The van der Waals surface area contributed by atoms with Crippen LogP contribution in [0.25, 0.3) is 0 Å². The Kier molecular flexibility index (Phi) is 2.63. The van der Waals surface area contributed by atoms with Gasteiger partial charge >= 0.3 is 12.4 Å². The summed E-state index contributed by atoms with van der Waals surface area (Å²) in [5.41, 5.74) is -5.77. The van der Waals surface area contributed by atoms with Crippen LogP contribution < -0.4 is 4.74 Å². The van der Waals surface area contributed by atoms with Crippen molar-refractivity contribution < 1.29 is 31.1 Å². The molecule has 1 saturated carbocycles. The summed E-state index contributed by atoms with van der Waals surface area (Å²) >= 11 is 0. The molecule has 7 heteroatoms. The summed E-state index contributed by atoms with van der Waals surface area (Å²) < 4.78 is 88.5. The second-order valence-corrected chi connectivity index (χ2v) is 5.99. The largest absolute Gasteiger partial charge is 0.461 e. The van der Waals surface area contributed by atoms with E-state index < -0.39 is 34.8 Å². The standard InChI is InChI=1S/C16H10F6O/c17-15(18,19)14(16(20,21)22)10-3-1-2-4-12(10)23-13-9-7-8(9)5-6-11(13)14/h1-6,8-9H,7H2. The molecule has 1 aromatic rings. The summed E-state index contributed by atoms with van der Waals surface area (Å²) in [4.78, 5) is 0. The zero-order valence-corrected chi connectivity index (χ0v) is 11.5. The van der Waals surface area contributed by atoms with Crippen LogP contribution in [0, 0.1) is 11.8 Å². The van der Waals surface area contributed by atoms with E-state index in [0.717, 1.165) is 24.3 Å². The van der Waals surface area contributed by atoms with Crippen molar-refractivity contribution in [2.75, 3.05) is 0 Å². The average molecular weight is 332 g/mol. The zero-order chi connectivity index (χ0) is 16.6. The predicted octanol–water partition coefficient (Wildman–Crippen LogP) is 4.90. The molecule has 3 aliphatic rings. The SMILES string of the molecule is FC(F)(F)C1(C(F)(F)F)C2=C(Oc3ccccc31)C1CC1C=C2. The van der Waals surface area contributed by atoms with Crippen molar-refractivity contribution in [2.24, 2.45) is 11.8 Å². The van der Waals surface area contributed by atoms with Gasteiger partial charge in [0.15, 0.2) is 0 Å². The van der Waals surface area contributed by atoms with Gasteiger partial charge in [0.1, 0.15) is 11.5 Å². The van der Waals surface area contributed by atoms with Gasteiger partial charge in [0.2, 0.25) is 5.41 Å². The second kappa shape index (κ2) is 4.13. The number of benzene rings is 1. The van der Waals surface area contributed by atoms with E-state index in [9.17, 15) is 26.3 Å². The van der Waals surface area contributed by atoms with Crippen LogP contribution in [0.1, 0.15) is 12.0 Å². The molecular formula is C16H10F6O. The van der Waals surface area contributed by atoms with Gasteiger partial charge in [0.05, 0.1) is 0 Å². The minimum Gasteiger partial charge on any atom is -0.461 e. The van der Waals surface area contributed by atoms with Crippen molar-refractivity contribution in [1.82, 2.24) is 0 Å². The third-order valence-electron chi connectivity index (χ3n) is 4.72. The van der Waals surface area contributed by atoms with Gasteiger partial charge in [0, 0.05) is 17.1 Å². The fraction of sp³-hybridized carbons (Fsp3) is 0.375. The first-order valence-electron chi connectivity index (χ1n) is 7.01. The molecular weight excluding hydrogens is 322 g/mol. The monoisotopic (exact) mass is 332 g/mol. The van der Waals surface area contributed by atoms with Gasteiger partial charge in [-0.05, 0) is 18.4 Å². The lowest BCUT2D eigenvalue weighted by Gasteiger charge is -2.43. The van der Waals surface area contributed by atoms with Crippen LogP contribution in [0.3, 0.4) is 0 Å². The van der Waals surface area contributed by atoms with E-state index in [1.54, 1.807) is 0 Å². The van der Waals surface area contributed by atoms with Gasteiger partial charge in [-0.15, -0.1) is 0 Å². The third-order valence-corrected chi connectivity index (χ3v) is 4.72. The van der Waals surface area contributed by atoms with Crippen molar-refractivity contribution in [1.29, 1.82) is 0 Å². The lowest BCUT2D eigenvalue weighted by Crippen LogP contribution is -2.57. The second-order valence-electron chi connectivity index (χ2n) is 5.99. The van der Waals surface area contributed by atoms with Gasteiger partial charge < -0.3 is 4.74 Å². The van der Waals surface area contributed by atoms with Gasteiger partial charge in [-0.1, -0.05) is 30.4 Å². The van der Waals surface area contributed by atoms with Crippen LogP contribution in [0.4, 0.5) is 26.3 Å². The fourth-order valence-electron chi connectivity index (χ4n) is 3.57. The maximum Gasteiger partial charge on any atom is 0.411 e. The first kappa shape index (κ1) is 14.7. The Bertz CT molecular complexity index is 726. The van der Waals surface area contributed by atoms with Crippen LogP contribution >= 0.6 is 0 Å². The molecule has 23 heavy (non-hydrogen) atoms. The Morgan fingerprint density at radius 2 is 1.65 bits per heavy atom. The molecule has 1 aliphatic heterocycles. The maximum absolute atomic E-state index is 13.8. The molecule has 122 valence electrons. The molecule has 2 aliphatic carbocycles. The molecule has 0 amide bonds. The van der Waals surface area contributed by atoms with Crippen molar-refractivity contribution in [3.8, 4) is 5.75 Å². The Balaban J connectivity index is 2.10. The van der Waals surface area contributed by atoms with Gasteiger partial charge in [-0.25, -0.2) is 0 Å². The molecule has 0 bridgehead atoms. The summed E-state index contributed by atoms with van der Waals surface area (Å²) in [6.07, 6.45) is -8.17. The van der Waals surface area contributed by atoms with Crippen LogP contribution in [0.5, 0.6) is 5.75 Å². The highest BCUT2D eigenvalue weighted by Gasteiger charge is 2.76. The summed E-state index contributed by atoms with van der Waals surface area (Å²) in [7, 11) is 0. The molecule has 1 aromatic carbocycles. The topological polar surface area (TPSA) is 9.23 Å². The molecule has 0 saturated heterocycles. The summed E-state index contributed by atoms with van der Waals surface area (Å²) in [5, 5.41) is 0. The summed E-state index contributed by atoms with van der Waals surface area (Å²) in [6.45, 7) is 0. The number of fused-ring (bicyclic) bond motifs is 3. The molecule has 1 heterocycles. The van der Waals surface area contributed by atoms with Crippen LogP contribution in [0.2, 0.25) is 0 Å². The fourth-order valence-corrected chi connectivity index (χ4v) is 3.57. The van der Waals surface area contributed by atoms with Crippen molar-refractivity contribution in [3.63, 3.8) is 0 Å². The quantitative estimate of drug-likeness (QED) is 0.614. The predicted molar refractivity (Wildman–Crippen MR) is 68.6 cm³/mol. The van der Waals surface area contributed by atoms with E-state index in [1.807, 2.05) is 0 Å². The highest BCUT2D eigenvalue weighted by Crippen LogP contribution is 2.65. The highest BCUT2D eigenvalue weighted by atomic mass is 19.4. The minimum absolute atomic E-state index is 0.0295. The van der Waals surface area contributed by atoms with E-state index >= 15 is 0 Å². The van der Waals surface area contributed by atoms with E-state index in [2.05, 4.69) is 0 Å². The number of halogens is 6. The molecule has 0 N–H and O–H groups in total. The summed E-state index contributed by atoms with van der Waals surface area (Å²) in [5.74, 6) is -0.988. The normalized spacial score (nSPS) is 27.7. The Morgan fingerprint density at radius 3 is 2.30 bits per heavy atom. The first-order chi connectivity index (χ1) is 10.7. The van der Waals surface area contributed by atoms with E-state index in [-0.39, 0.29) is 17.4 Å². The number of alkyl halides is 6. The molecule has 2 unspecified atom stereocenters. The maximum atomic E-state index is 13.8. The number of allylic oxidation sites excluding steroid dienone is 4. The van der Waals surface area contributed by atoms with E-state index in [1.165, 1.54) is 12.1 Å². The van der Waals surface area contributed by atoms with Crippen molar-refractivity contribution >= 4 is 0 Å². The van der Waals surface area contributed by atoms with Gasteiger partial charge in [0.25, 0.3) is 0 Å². The van der Waals surface area contributed by atoms with Gasteiger partial charge in [-0.2, -0.15) is 26.3 Å². The molecule has 0 spiro atoms. The highest BCUT2D eigenvalue weighted by molar-refractivity contribution is 5.59. The molecule has 1 nitrogen and oxygen atoms in total. The molecule has 1 fully saturated rings. The third kappa shape index (κ3) is 1.70. The van der Waals surface area contributed by atoms with Crippen LogP contribution in [-0.2, 0) is 5.41 Å². The number of para-hydroxylation sites is 1. The summed E-state index contributed by atoms with van der Waals surface area (Å²) in [6, 6.07) is 4.52. The molecule has 0 radical (unpaired) electrons. The Hall–Kier alpha value is -1.92. The van der Waals surface area contributed by atoms with Crippen LogP contribution in [0.15, 0.2) is 47.7 Å². The smallest absolute Gasteiger partial charge is 0.411 e. The Morgan fingerprint density at radius 1 is 1.00 bits per heavy atom. The average Bonchev–Trinajstić information content (AvgIpc) is 3.21. The lowest BCUT2D eigenvalue weighted by atomic mass is 9.69. The lowest BCUT2D eigenvalue weighted by molar-refractivity contribution is -0.291. The van der Waals surface area contributed by atoms with Crippen LogP contribution in [-0.4, -0.2) is 12.4 Å². The van der Waals surface area contributed by atoms with Gasteiger partial charge in [-0.3, -0.25) is 0 Å². The molecule has 4 rings (SSSR count). The molecule has 0 aromatic heterocycles. The number of ether oxygens (including phenoxy) is 1. The van der Waals surface area contributed by atoms with E-state index in [4.69, 9.17) is 4.74 Å². The number of hydrogen-bond acceptors (Lipinski definition) is 1. The minimum atomic E-state index is -5.53. The van der Waals surface area contributed by atoms with Crippen molar-refractivity contribution in [3.05, 3.63) is 53.3 Å². The zero-order valence-electron chi connectivity index (χ0n) is 11.5.